The lowest BCUT2D eigenvalue weighted by atomic mass is 10.1. The molecule has 0 saturated heterocycles. The van der Waals surface area contributed by atoms with Crippen LogP contribution in [0.5, 0.6) is 0 Å². The molecule has 0 radical (unpaired) electrons. The zero-order chi connectivity index (χ0) is 36.3. The minimum absolute atomic E-state index is 0.0615. The van der Waals surface area contributed by atoms with Crippen molar-refractivity contribution in [1.29, 1.82) is 0 Å². The van der Waals surface area contributed by atoms with Crippen molar-refractivity contribution in [2.45, 2.75) is 31.0 Å². The van der Waals surface area contributed by atoms with E-state index in [9.17, 15) is 32.2 Å². The number of carbonyl (C=O) groups is 4. The van der Waals surface area contributed by atoms with Gasteiger partial charge in [-0.1, -0.05) is 30.3 Å². The van der Waals surface area contributed by atoms with E-state index in [1.165, 1.54) is 16.4 Å². The van der Waals surface area contributed by atoms with Gasteiger partial charge < -0.3 is 31.3 Å². The molecule has 1 aromatic rings. The largest absolute Gasteiger partial charge is 0.480 e. The molecule has 3 amide bonds. The first-order chi connectivity index (χ1) is 22.7. The van der Waals surface area contributed by atoms with Gasteiger partial charge in [0.25, 0.3) is 0 Å². The van der Waals surface area contributed by atoms with Crippen LogP contribution in [0.25, 0.3) is 0 Å². The first-order valence-electron chi connectivity index (χ1n) is 14.7. The Morgan fingerprint density at radius 3 is 1.90 bits per heavy atom. The third-order valence-corrected chi connectivity index (χ3v) is 11.8. The Morgan fingerprint density at radius 2 is 1.44 bits per heavy atom. The van der Waals surface area contributed by atoms with Crippen molar-refractivity contribution in [1.82, 2.24) is 25.3 Å². The summed E-state index contributed by atoms with van der Waals surface area (Å²) in [5.41, 5.74) is 5.85. The Kier molecular flexibility index (Phi) is 21.1. The number of nitrogens with zero attached hydrogens (tertiary/aromatic N) is 2. The van der Waals surface area contributed by atoms with E-state index in [0.29, 0.717) is 5.56 Å². The summed E-state index contributed by atoms with van der Waals surface area (Å²) in [4.78, 5) is 49.9. The van der Waals surface area contributed by atoms with E-state index in [2.05, 4.69) is 16.0 Å². The average molecular weight is 801 g/mol. The van der Waals surface area contributed by atoms with Crippen LogP contribution >= 0.6 is 54.1 Å². The van der Waals surface area contributed by atoms with Crippen LogP contribution in [-0.2, 0) is 38.1 Å². The molecule has 0 heterocycles. The first-order valence-corrected chi connectivity index (χ1v) is 20.2. The third kappa shape index (κ3) is 15.0. The summed E-state index contributed by atoms with van der Waals surface area (Å²) < 4.78 is 49.5. The van der Waals surface area contributed by atoms with E-state index in [-0.39, 0.29) is 56.1 Å². The van der Waals surface area contributed by atoms with Crippen LogP contribution in [0.2, 0.25) is 0 Å². The lowest BCUT2D eigenvalue weighted by Gasteiger charge is -2.37. The van der Waals surface area contributed by atoms with E-state index < -0.39 is 83.9 Å². The fraction of sp³-hybridized carbons (Fsp3) is 0.630. The lowest BCUT2D eigenvalue weighted by Crippen LogP contribution is -2.53. The quantitative estimate of drug-likeness (QED) is 0.0700. The third-order valence-electron chi connectivity index (χ3n) is 6.74. The van der Waals surface area contributed by atoms with Gasteiger partial charge in [-0.3, -0.25) is 23.7 Å². The van der Waals surface area contributed by atoms with Crippen LogP contribution in [0.4, 0.5) is 0 Å². The fourth-order valence-electron chi connectivity index (χ4n) is 4.27. The standard InChI is InChI=1S/C27H43Cl4N6O9PS/c1-33-26(40)24(20-5-3-2-4-6-20)35-25(39)22(34-23(38)8-7-21(32)27(41)42)19-48(44,45)18-17-46-47(43,36(13-9-28)14-10-29)37(15-11-30)16-12-31/h2-6,21-22,24H,7-19,32H2,1H3,(H,33,40)(H,34,38)(H,35,39)(H,41,42)/t21-,22-,24+/m0/s1. The second-order valence-electron chi connectivity index (χ2n) is 10.2. The summed E-state index contributed by atoms with van der Waals surface area (Å²) >= 11 is 23.7. The number of benzene rings is 1. The Balaban J connectivity index is 3.30. The normalized spacial score (nSPS) is 13.9. The number of halogens is 4. The van der Waals surface area contributed by atoms with Crippen molar-refractivity contribution in [3.63, 3.8) is 0 Å². The maximum Gasteiger partial charge on any atom is 0.346 e. The van der Waals surface area contributed by atoms with Gasteiger partial charge in [0.1, 0.15) is 18.1 Å². The highest BCUT2D eigenvalue weighted by Gasteiger charge is 2.39. The van der Waals surface area contributed by atoms with Crippen LogP contribution in [-0.4, -0.2) is 133 Å². The van der Waals surface area contributed by atoms with Crippen LogP contribution in [0.1, 0.15) is 24.4 Å². The maximum atomic E-state index is 14.2. The molecule has 0 spiro atoms. The van der Waals surface area contributed by atoms with Gasteiger partial charge in [-0.15, -0.1) is 46.4 Å². The molecule has 274 valence electrons. The number of sulfone groups is 1. The zero-order valence-electron chi connectivity index (χ0n) is 26.4. The van der Waals surface area contributed by atoms with Gasteiger partial charge >= 0.3 is 13.6 Å². The van der Waals surface area contributed by atoms with Gasteiger partial charge in [0.15, 0.2) is 9.84 Å². The van der Waals surface area contributed by atoms with E-state index in [4.69, 9.17) is 61.8 Å². The number of amides is 3. The molecule has 0 fully saturated rings. The molecule has 21 heteroatoms. The van der Waals surface area contributed by atoms with Crippen LogP contribution in [0.3, 0.4) is 0 Å². The van der Waals surface area contributed by atoms with E-state index >= 15 is 0 Å². The van der Waals surface area contributed by atoms with Gasteiger partial charge in [0.2, 0.25) is 17.7 Å². The summed E-state index contributed by atoms with van der Waals surface area (Å²) in [7, 11) is -6.85. The van der Waals surface area contributed by atoms with Crippen molar-refractivity contribution in [2.24, 2.45) is 5.73 Å². The van der Waals surface area contributed by atoms with Gasteiger partial charge in [-0.2, -0.15) is 0 Å². The molecule has 0 saturated carbocycles. The Morgan fingerprint density at radius 1 is 0.917 bits per heavy atom. The Bertz CT molecular complexity index is 1300. The van der Waals surface area contributed by atoms with Gasteiger partial charge in [0, 0.05) is 63.2 Å². The number of carboxylic acids is 1. The predicted octanol–water partition coefficient (Wildman–Crippen LogP) is 1.37. The second kappa shape index (κ2) is 22.9. The van der Waals surface area contributed by atoms with Gasteiger partial charge in [-0.25, -0.2) is 17.8 Å². The van der Waals surface area contributed by atoms with Crippen molar-refractivity contribution in [3.05, 3.63) is 35.9 Å². The highest BCUT2D eigenvalue weighted by Crippen LogP contribution is 2.54. The molecule has 0 aliphatic heterocycles. The monoisotopic (exact) mass is 798 g/mol. The minimum atomic E-state index is -4.25. The summed E-state index contributed by atoms with van der Waals surface area (Å²) in [6, 6.07) is 3.77. The Hall–Kier alpha value is -1.72. The summed E-state index contributed by atoms with van der Waals surface area (Å²) in [6.45, 7) is -0.233. The second-order valence-corrected chi connectivity index (χ2v) is 16.3. The highest BCUT2D eigenvalue weighted by atomic mass is 35.5. The van der Waals surface area contributed by atoms with Crippen molar-refractivity contribution in [2.75, 3.05) is 74.9 Å². The van der Waals surface area contributed by atoms with Gasteiger partial charge in [0.05, 0.1) is 18.1 Å². The Labute approximate surface area is 300 Å². The summed E-state index contributed by atoms with van der Waals surface area (Å²) in [5, 5.41) is 16.2. The topological polar surface area (TPSA) is 218 Å². The molecule has 0 aliphatic carbocycles. The van der Waals surface area contributed by atoms with Crippen molar-refractivity contribution >= 4 is 87.6 Å². The van der Waals surface area contributed by atoms with Gasteiger partial charge in [-0.05, 0) is 12.0 Å². The number of hydrogen-bond donors (Lipinski definition) is 5. The average Bonchev–Trinajstić information content (AvgIpc) is 3.05. The molecule has 0 bridgehead atoms. The number of hydrogen-bond acceptors (Lipinski definition) is 9. The molecule has 15 nitrogen and oxygen atoms in total. The summed E-state index contributed by atoms with van der Waals surface area (Å²) in [5.74, 6) is -5.26. The number of rotatable bonds is 25. The van der Waals surface area contributed by atoms with Crippen LogP contribution in [0, 0.1) is 0 Å². The molecule has 3 atom stereocenters. The number of carboxylic acid groups (broad SMARTS) is 1. The SMILES string of the molecule is CNC(=O)[C@H](NC(=O)[C@H](CS(=O)(=O)CCOP(=O)(N(CCCl)CCCl)N(CCCl)CCCl)NC(=O)CC[C@H](N)C(=O)O)c1ccccc1. The number of nitrogens with one attached hydrogen (secondary N) is 3. The number of likely N-dealkylation sites (N-methyl/N-ethyl adjacent to an activating group) is 1. The number of carbonyl (C=O) groups excluding carboxylic acids is 3. The number of nitrogens with two attached hydrogens (primary N) is 1. The summed E-state index contributed by atoms with van der Waals surface area (Å²) in [6.07, 6.45) is -0.729. The molecule has 0 unspecified atom stereocenters. The first kappa shape index (κ1) is 44.3. The van der Waals surface area contributed by atoms with Crippen LogP contribution in [0.15, 0.2) is 30.3 Å². The molecule has 0 aliphatic rings. The lowest BCUT2D eigenvalue weighted by molar-refractivity contribution is -0.138. The number of aliphatic carboxylic acids is 1. The molecular formula is C27H43Cl4N6O9PS. The molecule has 0 aromatic heterocycles. The molecule has 6 N–H and O–H groups in total. The zero-order valence-corrected chi connectivity index (χ0v) is 31.1. The smallest absolute Gasteiger partial charge is 0.346 e. The molecule has 48 heavy (non-hydrogen) atoms. The van der Waals surface area contributed by atoms with Crippen molar-refractivity contribution < 1.29 is 41.8 Å². The molecule has 1 aromatic carbocycles. The molecule has 1 rings (SSSR count). The van der Waals surface area contributed by atoms with E-state index in [1.807, 2.05) is 0 Å². The minimum Gasteiger partial charge on any atom is -0.480 e. The maximum absolute atomic E-state index is 14.2. The van der Waals surface area contributed by atoms with Crippen LogP contribution < -0.4 is 21.7 Å². The van der Waals surface area contributed by atoms with E-state index in [1.54, 1.807) is 30.3 Å². The molecular weight excluding hydrogens is 757 g/mol. The highest BCUT2D eigenvalue weighted by molar-refractivity contribution is 7.91. The fourth-order valence-corrected chi connectivity index (χ4v) is 9.36. The number of alkyl halides is 4. The van der Waals surface area contributed by atoms with Crippen molar-refractivity contribution in [3.8, 4) is 0 Å². The van der Waals surface area contributed by atoms with E-state index in [0.717, 1.165) is 0 Å². The predicted molar refractivity (Wildman–Crippen MR) is 186 cm³/mol.